The number of carbonyl (C=O) groups is 2. The number of carbonyl (C=O) groups excluding carboxylic acids is 2. The Balaban J connectivity index is 1.51. The Hall–Kier alpha value is -3.97. The molecule has 2 amide bonds. The molecule has 0 spiro atoms. The monoisotopic (exact) mass is 488 g/mol. The summed E-state index contributed by atoms with van der Waals surface area (Å²) in [4.78, 5) is 28.6. The van der Waals surface area contributed by atoms with E-state index in [1.165, 1.54) is 23.5 Å². The van der Waals surface area contributed by atoms with Gasteiger partial charge < -0.3 is 15.0 Å². The minimum atomic E-state index is -0.324. The number of thiophene rings is 1. The molecule has 4 aromatic rings. The Morgan fingerprint density at radius 1 is 0.914 bits per heavy atom. The van der Waals surface area contributed by atoms with Crippen LogP contribution in [-0.2, 0) is 29.0 Å². The number of hydrogen-bond acceptors (Lipinski definition) is 4. The van der Waals surface area contributed by atoms with E-state index in [1.807, 2.05) is 41.8 Å². The number of nitrogens with one attached hydrogen (secondary N) is 1. The first-order valence-electron chi connectivity index (χ1n) is 11.1. The molecule has 0 radical (unpaired) electrons. The topological polar surface area (TPSA) is 58.6 Å². The summed E-state index contributed by atoms with van der Waals surface area (Å²) in [5, 5.41) is 4.82. The molecule has 0 aliphatic heterocycles. The Kier molecular flexibility index (Phi) is 7.90. The van der Waals surface area contributed by atoms with Crippen LogP contribution in [0, 0.1) is 5.82 Å². The van der Waals surface area contributed by atoms with Crippen LogP contribution < -0.4 is 15.0 Å². The van der Waals surface area contributed by atoms with Crippen molar-refractivity contribution in [3.63, 3.8) is 0 Å². The predicted molar refractivity (Wildman–Crippen MR) is 137 cm³/mol. The highest BCUT2D eigenvalue weighted by Gasteiger charge is 2.18. The summed E-state index contributed by atoms with van der Waals surface area (Å²) in [6, 6.07) is 24.5. The molecule has 1 aromatic heterocycles. The van der Waals surface area contributed by atoms with Crippen LogP contribution in [0.5, 0.6) is 5.75 Å². The van der Waals surface area contributed by atoms with Crippen molar-refractivity contribution in [3.05, 3.63) is 112 Å². The zero-order valence-electron chi connectivity index (χ0n) is 19.2. The van der Waals surface area contributed by atoms with E-state index in [2.05, 4.69) is 5.32 Å². The molecule has 3 aromatic carbocycles. The van der Waals surface area contributed by atoms with Gasteiger partial charge in [-0.3, -0.25) is 9.59 Å². The molecule has 0 saturated heterocycles. The zero-order valence-corrected chi connectivity index (χ0v) is 20.1. The van der Waals surface area contributed by atoms with Crippen molar-refractivity contribution in [2.45, 2.75) is 19.4 Å². The van der Waals surface area contributed by atoms with E-state index in [1.54, 1.807) is 48.4 Å². The van der Waals surface area contributed by atoms with Crippen molar-refractivity contribution in [2.24, 2.45) is 0 Å². The lowest BCUT2D eigenvalue weighted by molar-refractivity contribution is -0.118. The van der Waals surface area contributed by atoms with E-state index in [-0.39, 0.29) is 30.5 Å². The van der Waals surface area contributed by atoms with Gasteiger partial charge in [0.2, 0.25) is 11.8 Å². The van der Waals surface area contributed by atoms with Crippen LogP contribution in [-0.4, -0.2) is 18.9 Å². The first kappa shape index (κ1) is 24.2. The average Bonchev–Trinajstić information content (AvgIpc) is 3.37. The molecule has 0 fully saturated rings. The Morgan fingerprint density at radius 3 is 2.37 bits per heavy atom. The van der Waals surface area contributed by atoms with Crippen LogP contribution >= 0.6 is 11.3 Å². The van der Waals surface area contributed by atoms with Crippen molar-refractivity contribution in [3.8, 4) is 5.75 Å². The normalized spacial score (nSPS) is 10.6. The van der Waals surface area contributed by atoms with E-state index in [0.717, 1.165) is 16.0 Å². The number of rotatable bonds is 9. The molecular formula is C28H25FN2O3S. The standard InChI is InChI=1S/C28H25FN2O3S/c1-34-25-13-11-23(12-14-25)30-27(32)17-21-4-2-5-24(16-21)31(19-20-7-9-22(29)10-8-20)28(33)18-26-6-3-15-35-26/h2-16H,17-19H2,1H3,(H,30,32). The van der Waals surface area contributed by atoms with Gasteiger partial charge in [-0.25, -0.2) is 4.39 Å². The van der Waals surface area contributed by atoms with Crippen molar-refractivity contribution in [2.75, 3.05) is 17.3 Å². The maximum Gasteiger partial charge on any atom is 0.232 e. The highest BCUT2D eigenvalue weighted by molar-refractivity contribution is 7.10. The second-order valence-electron chi connectivity index (χ2n) is 7.99. The van der Waals surface area contributed by atoms with Crippen molar-refractivity contribution >= 4 is 34.5 Å². The Labute approximate surface area is 207 Å². The number of amides is 2. The molecule has 7 heteroatoms. The fraction of sp³-hybridized carbons (Fsp3) is 0.143. The summed E-state index contributed by atoms with van der Waals surface area (Å²) in [5.41, 5.74) is 2.96. The molecule has 0 saturated carbocycles. The van der Waals surface area contributed by atoms with Crippen molar-refractivity contribution < 1.29 is 18.7 Å². The highest BCUT2D eigenvalue weighted by atomic mass is 32.1. The SMILES string of the molecule is COc1ccc(NC(=O)Cc2cccc(N(Cc3ccc(F)cc3)C(=O)Cc3cccs3)c2)cc1. The van der Waals surface area contributed by atoms with Gasteiger partial charge in [-0.05, 0) is 71.1 Å². The number of methoxy groups -OCH3 is 1. The number of benzene rings is 3. The van der Waals surface area contributed by atoms with Crippen LogP contribution in [0.1, 0.15) is 16.0 Å². The number of nitrogens with zero attached hydrogens (tertiary/aromatic N) is 1. The third-order valence-electron chi connectivity index (χ3n) is 5.42. The third kappa shape index (κ3) is 6.77. The zero-order chi connectivity index (χ0) is 24.6. The molecule has 5 nitrogen and oxygen atoms in total. The van der Waals surface area contributed by atoms with E-state index in [0.29, 0.717) is 23.7 Å². The van der Waals surface area contributed by atoms with E-state index < -0.39 is 0 Å². The number of hydrogen-bond donors (Lipinski definition) is 1. The van der Waals surface area contributed by atoms with Gasteiger partial charge in [0, 0.05) is 16.3 Å². The molecule has 178 valence electrons. The number of halogens is 1. The van der Waals surface area contributed by atoms with E-state index >= 15 is 0 Å². The summed E-state index contributed by atoms with van der Waals surface area (Å²) in [6.45, 7) is 0.298. The number of anilines is 2. The van der Waals surface area contributed by atoms with Crippen LogP contribution in [0.15, 0.2) is 90.3 Å². The Bertz CT molecular complexity index is 1270. The molecule has 0 bridgehead atoms. The average molecular weight is 489 g/mol. The lowest BCUT2D eigenvalue weighted by Crippen LogP contribution is -2.31. The first-order chi connectivity index (χ1) is 17.0. The van der Waals surface area contributed by atoms with Crippen molar-refractivity contribution in [1.29, 1.82) is 0 Å². The second kappa shape index (κ2) is 11.4. The summed E-state index contributed by atoms with van der Waals surface area (Å²) in [7, 11) is 1.59. The van der Waals surface area contributed by atoms with E-state index in [9.17, 15) is 14.0 Å². The fourth-order valence-corrected chi connectivity index (χ4v) is 4.35. The summed E-state index contributed by atoms with van der Waals surface area (Å²) in [6.07, 6.45) is 0.421. The fourth-order valence-electron chi connectivity index (χ4n) is 3.65. The molecule has 35 heavy (non-hydrogen) atoms. The van der Waals surface area contributed by atoms with Gasteiger partial charge in [0.05, 0.1) is 26.5 Å². The van der Waals surface area contributed by atoms with Crippen LogP contribution in [0.2, 0.25) is 0 Å². The third-order valence-corrected chi connectivity index (χ3v) is 6.30. The van der Waals surface area contributed by atoms with Gasteiger partial charge in [0.25, 0.3) is 0 Å². The van der Waals surface area contributed by atoms with E-state index in [4.69, 9.17) is 4.74 Å². The van der Waals surface area contributed by atoms with Gasteiger partial charge in [-0.15, -0.1) is 11.3 Å². The van der Waals surface area contributed by atoms with Gasteiger partial charge in [-0.1, -0.05) is 30.3 Å². The maximum absolute atomic E-state index is 13.4. The van der Waals surface area contributed by atoms with Gasteiger partial charge >= 0.3 is 0 Å². The lowest BCUT2D eigenvalue weighted by Gasteiger charge is -2.24. The van der Waals surface area contributed by atoms with Gasteiger partial charge in [0.1, 0.15) is 11.6 Å². The van der Waals surface area contributed by atoms with Crippen LogP contribution in [0.3, 0.4) is 0 Å². The molecule has 0 atom stereocenters. The van der Waals surface area contributed by atoms with Crippen molar-refractivity contribution in [1.82, 2.24) is 0 Å². The summed E-state index contributed by atoms with van der Waals surface area (Å²) in [5.74, 6) is 0.151. The molecular weight excluding hydrogens is 463 g/mol. The molecule has 0 unspecified atom stereocenters. The molecule has 0 aliphatic carbocycles. The van der Waals surface area contributed by atoms with Gasteiger partial charge in [0.15, 0.2) is 0 Å². The minimum Gasteiger partial charge on any atom is -0.497 e. The molecule has 1 heterocycles. The minimum absolute atomic E-state index is 0.0726. The quantitative estimate of drug-likeness (QED) is 0.321. The Morgan fingerprint density at radius 2 is 1.69 bits per heavy atom. The summed E-state index contributed by atoms with van der Waals surface area (Å²) >= 11 is 1.53. The predicted octanol–water partition coefficient (Wildman–Crippen LogP) is 5.85. The van der Waals surface area contributed by atoms with Gasteiger partial charge in [-0.2, -0.15) is 0 Å². The lowest BCUT2D eigenvalue weighted by atomic mass is 10.1. The van der Waals surface area contributed by atoms with Crippen LogP contribution in [0.25, 0.3) is 0 Å². The molecule has 4 rings (SSSR count). The smallest absolute Gasteiger partial charge is 0.232 e. The number of ether oxygens (including phenoxy) is 1. The maximum atomic E-state index is 13.4. The molecule has 0 aliphatic rings. The van der Waals surface area contributed by atoms with Crippen LogP contribution in [0.4, 0.5) is 15.8 Å². The first-order valence-corrected chi connectivity index (χ1v) is 12.0. The molecule has 1 N–H and O–H groups in total. The summed E-state index contributed by atoms with van der Waals surface area (Å²) < 4.78 is 18.5. The second-order valence-corrected chi connectivity index (χ2v) is 9.02. The highest BCUT2D eigenvalue weighted by Crippen LogP contribution is 2.23. The largest absolute Gasteiger partial charge is 0.497 e.